The number of halogens is 1. The molecular formula is C20H29ClN2O3S. The van der Waals surface area contributed by atoms with Crippen molar-refractivity contribution in [3.63, 3.8) is 0 Å². The van der Waals surface area contributed by atoms with Gasteiger partial charge in [-0.2, -0.15) is 0 Å². The second-order valence-corrected chi connectivity index (χ2v) is 9.92. The number of sulfonamides is 1. The summed E-state index contributed by atoms with van der Waals surface area (Å²) in [4.78, 5) is 14.6. The first-order valence-electron chi connectivity index (χ1n) is 10.00. The Kier molecular flexibility index (Phi) is 7.17. The number of piperidine rings is 1. The van der Waals surface area contributed by atoms with Crippen molar-refractivity contribution in [2.45, 2.75) is 68.7 Å². The van der Waals surface area contributed by atoms with Gasteiger partial charge in [0.2, 0.25) is 15.9 Å². The zero-order valence-electron chi connectivity index (χ0n) is 15.7. The van der Waals surface area contributed by atoms with Crippen molar-refractivity contribution in [3.8, 4) is 0 Å². The molecule has 2 aliphatic rings. The molecule has 1 aromatic rings. The predicted molar refractivity (Wildman–Crippen MR) is 107 cm³/mol. The number of nitrogens with zero attached hydrogens (tertiary/aromatic N) is 1. The van der Waals surface area contributed by atoms with Crippen molar-refractivity contribution < 1.29 is 13.2 Å². The first-order chi connectivity index (χ1) is 12.9. The number of benzene rings is 1. The predicted octanol–water partition coefficient (Wildman–Crippen LogP) is 3.97. The van der Waals surface area contributed by atoms with Gasteiger partial charge in [0.25, 0.3) is 0 Å². The van der Waals surface area contributed by atoms with E-state index in [-0.39, 0.29) is 16.8 Å². The Morgan fingerprint density at radius 2 is 1.67 bits per heavy atom. The Labute approximate surface area is 167 Å². The molecule has 0 atom stereocenters. The normalized spacial score (nSPS) is 20.0. The van der Waals surface area contributed by atoms with Crippen LogP contribution in [0.15, 0.2) is 29.2 Å². The summed E-state index contributed by atoms with van der Waals surface area (Å²) in [6.07, 6.45) is 9.42. The Balaban J connectivity index is 1.44. The molecule has 1 heterocycles. The number of hydrogen-bond donors (Lipinski definition) is 1. The zero-order chi connectivity index (χ0) is 19.3. The van der Waals surface area contributed by atoms with Crippen molar-refractivity contribution in [2.24, 2.45) is 5.92 Å². The maximum absolute atomic E-state index is 12.5. The zero-order valence-corrected chi connectivity index (χ0v) is 17.3. The molecule has 1 aliphatic heterocycles. The molecule has 27 heavy (non-hydrogen) atoms. The van der Waals surface area contributed by atoms with Gasteiger partial charge in [-0.25, -0.2) is 13.1 Å². The maximum Gasteiger partial charge on any atom is 0.240 e. The third kappa shape index (κ3) is 5.93. The number of likely N-dealkylation sites (tertiary alicyclic amines) is 1. The lowest BCUT2D eigenvalue weighted by Crippen LogP contribution is -2.46. The summed E-state index contributed by atoms with van der Waals surface area (Å²) in [6, 6.07) is 6.03. The molecule has 1 saturated heterocycles. The number of rotatable bonds is 6. The van der Waals surface area contributed by atoms with Gasteiger partial charge < -0.3 is 4.90 Å². The summed E-state index contributed by atoms with van der Waals surface area (Å²) in [7, 11) is -3.55. The van der Waals surface area contributed by atoms with Crippen LogP contribution in [0.25, 0.3) is 0 Å². The fraction of sp³-hybridized carbons (Fsp3) is 0.650. The summed E-state index contributed by atoms with van der Waals surface area (Å²) in [5.74, 6) is 0.936. The lowest BCUT2D eigenvalue weighted by atomic mass is 9.86. The van der Waals surface area contributed by atoms with Gasteiger partial charge in [-0.3, -0.25) is 4.79 Å². The molecule has 1 saturated carbocycles. The van der Waals surface area contributed by atoms with Crippen molar-refractivity contribution in [1.29, 1.82) is 0 Å². The molecule has 5 nitrogen and oxygen atoms in total. The van der Waals surface area contributed by atoms with E-state index in [4.69, 9.17) is 11.6 Å². The Morgan fingerprint density at radius 3 is 2.30 bits per heavy atom. The van der Waals surface area contributed by atoms with Crippen LogP contribution in [-0.2, 0) is 14.8 Å². The van der Waals surface area contributed by atoms with Crippen LogP contribution in [0, 0.1) is 5.92 Å². The minimum Gasteiger partial charge on any atom is -0.343 e. The summed E-state index contributed by atoms with van der Waals surface area (Å²) in [6.45, 7) is 1.24. The van der Waals surface area contributed by atoms with Crippen LogP contribution in [-0.4, -0.2) is 38.4 Å². The van der Waals surface area contributed by atoms with Crippen molar-refractivity contribution in [2.75, 3.05) is 13.1 Å². The van der Waals surface area contributed by atoms with Gasteiger partial charge in [0.05, 0.1) is 4.90 Å². The lowest BCUT2D eigenvalue weighted by Gasteiger charge is -2.33. The molecular weight excluding hydrogens is 384 g/mol. The van der Waals surface area contributed by atoms with E-state index in [0.717, 1.165) is 6.42 Å². The molecule has 1 aliphatic carbocycles. The van der Waals surface area contributed by atoms with Gasteiger partial charge in [-0.15, -0.1) is 0 Å². The number of carbonyl (C=O) groups is 1. The number of amides is 1. The molecule has 150 valence electrons. The molecule has 0 radical (unpaired) electrons. The highest BCUT2D eigenvalue weighted by atomic mass is 35.5. The van der Waals surface area contributed by atoms with Crippen LogP contribution in [0.1, 0.15) is 57.8 Å². The standard InChI is InChI=1S/C20H29ClN2O3S/c21-17-7-9-19(10-8-17)27(25,26)22-18-12-14-23(15-13-18)20(24)11-6-16-4-2-1-3-5-16/h7-10,16,18,22H,1-6,11-15H2. The van der Waals surface area contributed by atoms with E-state index in [0.29, 0.717) is 43.3 Å². The summed E-state index contributed by atoms with van der Waals surface area (Å²) in [5, 5.41) is 0.508. The third-order valence-electron chi connectivity index (χ3n) is 5.78. The largest absolute Gasteiger partial charge is 0.343 e. The fourth-order valence-corrected chi connectivity index (χ4v) is 5.54. The first-order valence-corrected chi connectivity index (χ1v) is 11.9. The van der Waals surface area contributed by atoms with E-state index >= 15 is 0 Å². The highest BCUT2D eigenvalue weighted by Crippen LogP contribution is 2.27. The molecule has 0 spiro atoms. The monoisotopic (exact) mass is 412 g/mol. The third-order valence-corrected chi connectivity index (χ3v) is 7.57. The van der Waals surface area contributed by atoms with Crippen LogP contribution in [0.5, 0.6) is 0 Å². The minimum absolute atomic E-state index is 0.131. The second kappa shape index (κ2) is 9.39. The van der Waals surface area contributed by atoms with Crippen LogP contribution < -0.4 is 4.72 Å². The minimum atomic E-state index is -3.55. The van der Waals surface area contributed by atoms with Crippen molar-refractivity contribution in [3.05, 3.63) is 29.3 Å². The Hall–Kier alpha value is -1.11. The summed E-state index contributed by atoms with van der Waals surface area (Å²) >= 11 is 5.82. The molecule has 0 bridgehead atoms. The van der Waals surface area contributed by atoms with E-state index in [1.807, 2.05) is 4.90 Å². The van der Waals surface area contributed by atoms with E-state index < -0.39 is 10.0 Å². The maximum atomic E-state index is 12.5. The fourth-order valence-electron chi connectivity index (χ4n) is 4.11. The Morgan fingerprint density at radius 1 is 1.04 bits per heavy atom. The van der Waals surface area contributed by atoms with Gasteiger partial charge >= 0.3 is 0 Å². The van der Waals surface area contributed by atoms with Crippen molar-refractivity contribution >= 4 is 27.5 Å². The molecule has 1 amide bonds. The topological polar surface area (TPSA) is 66.5 Å². The molecule has 1 aromatic carbocycles. The first kappa shape index (κ1) is 20.6. The highest BCUT2D eigenvalue weighted by molar-refractivity contribution is 7.89. The quantitative estimate of drug-likeness (QED) is 0.768. The van der Waals surface area contributed by atoms with Gasteiger partial charge in [0.15, 0.2) is 0 Å². The number of nitrogens with one attached hydrogen (secondary N) is 1. The van der Waals surface area contributed by atoms with E-state index in [1.54, 1.807) is 12.1 Å². The number of carbonyl (C=O) groups excluding carboxylic acids is 1. The van der Waals surface area contributed by atoms with Crippen LogP contribution in [0.3, 0.4) is 0 Å². The summed E-state index contributed by atoms with van der Waals surface area (Å²) in [5.41, 5.74) is 0. The molecule has 0 unspecified atom stereocenters. The van der Waals surface area contributed by atoms with E-state index in [9.17, 15) is 13.2 Å². The summed E-state index contributed by atoms with van der Waals surface area (Å²) < 4.78 is 27.7. The van der Waals surface area contributed by atoms with Gasteiger partial charge in [-0.1, -0.05) is 43.7 Å². The molecule has 1 N–H and O–H groups in total. The molecule has 7 heteroatoms. The molecule has 0 aromatic heterocycles. The second-order valence-electron chi connectivity index (χ2n) is 7.77. The number of hydrogen-bond acceptors (Lipinski definition) is 3. The van der Waals surface area contributed by atoms with Crippen LogP contribution >= 0.6 is 11.6 Å². The smallest absolute Gasteiger partial charge is 0.240 e. The lowest BCUT2D eigenvalue weighted by molar-refractivity contribution is -0.132. The average molecular weight is 413 g/mol. The Bertz CT molecular complexity index is 722. The van der Waals surface area contributed by atoms with Gasteiger partial charge in [0, 0.05) is 30.6 Å². The molecule has 2 fully saturated rings. The SMILES string of the molecule is O=C(CCC1CCCCC1)N1CCC(NS(=O)(=O)c2ccc(Cl)cc2)CC1. The molecule has 3 rings (SSSR count). The van der Waals surface area contributed by atoms with Crippen LogP contribution in [0.2, 0.25) is 5.02 Å². The van der Waals surface area contributed by atoms with E-state index in [1.165, 1.54) is 44.2 Å². The van der Waals surface area contributed by atoms with Gasteiger partial charge in [0.1, 0.15) is 0 Å². The van der Waals surface area contributed by atoms with Crippen molar-refractivity contribution in [1.82, 2.24) is 9.62 Å². The van der Waals surface area contributed by atoms with E-state index in [2.05, 4.69) is 4.72 Å². The average Bonchev–Trinajstić information content (AvgIpc) is 2.67. The van der Waals surface area contributed by atoms with Gasteiger partial charge in [-0.05, 0) is 49.4 Å². The highest BCUT2D eigenvalue weighted by Gasteiger charge is 2.27. The van der Waals surface area contributed by atoms with Crippen LogP contribution in [0.4, 0.5) is 0 Å².